The van der Waals surface area contributed by atoms with Crippen molar-refractivity contribution in [2.24, 2.45) is 5.73 Å². The lowest BCUT2D eigenvalue weighted by molar-refractivity contribution is -0.138. The van der Waals surface area contributed by atoms with Crippen molar-refractivity contribution in [3.63, 3.8) is 0 Å². The van der Waals surface area contributed by atoms with Crippen LogP contribution in [0.15, 0.2) is 76.3 Å². The quantitative estimate of drug-likeness (QED) is 0.256. The van der Waals surface area contributed by atoms with E-state index in [9.17, 15) is 32.7 Å². The fourth-order valence-corrected chi connectivity index (χ4v) is 6.89. The van der Waals surface area contributed by atoms with Gasteiger partial charge in [0.1, 0.15) is 11.4 Å². The van der Waals surface area contributed by atoms with Gasteiger partial charge in [-0.25, -0.2) is 14.0 Å². The molecule has 1 aromatic heterocycles. The van der Waals surface area contributed by atoms with Crippen molar-refractivity contribution in [2.45, 2.75) is 63.8 Å². The van der Waals surface area contributed by atoms with Crippen molar-refractivity contribution in [3.05, 3.63) is 138 Å². The van der Waals surface area contributed by atoms with Gasteiger partial charge < -0.3 is 15.6 Å². The van der Waals surface area contributed by atoms with Gasteiger partial charge in [-0.15, -0.1) is 0 Å². The van der Waals surface area contributed by atoms with Crippen molar-refractivity contribution in [2.75, 3.05) is 13.1 Å². The number of carbonyl (C=O) groups is 1. The number of hydrogen-bond acceptors (Lipinski definition) is 6. The van der Waals surface area contributed by atoms with E-state index in [0.717, 1.165) is 32.9 Å². The van der Waals surface area contributed by atoms with E-state index in [2.05, 4.69) is 4.90 Å². The zero-order chi connectivity index (χ0) is 34.4. The molecule has 2 aliphatic heterocycles. The number of carboxylic acid groups (broad SMARTS) is 1. The van der Waals surface area contributed by atoms with Crippen LogP contribution in [0.25, 0.3) is 0 Å². The average molecular weight is 667 g/mol. The van der Waals surface area contributed by atoms with Crippen molar-refractivity contribution in [1.29, 1.82) is 0 Å². The lowest BCUT2D eigenvalue weighted by Crippen LogP contribution is -2.49. The van der Waals surface area contributed by atoms with Gasteiger partial charge in [0.15, 0.2) is 0 Å². The van der Waals surface area contributed by atoms with Gasteiger partial charge in [0.25, 0.3) is 5.56 Å². The van der Waals surface area contributed by atoms with Gasteiger partial charge in [-0.3, -0.25) is 18.8 Å². The third kappa shape index (κ3) is 6.20. The minimum absolute atomic E-state index is 0.124. The van der Waals surface area contributed by atoms with Crippen LogP contribution in [0.1, 0.15) is 68.3 Å². The van der Waals surface area contributed by atoms with E-state index in [1.165, 1.54) is 0 Å². The fraction of sp³-hybridized carbons (Fsp3) is 0.343. The number of piperidine rings is 1. The molecule has 6 rings (SSSR count). The summed E-state index contributed by atoms with van der Waals surface area (Å²) in [5, 5.41) is 9.36. The molecule has 13 heteroatoms. The van der Waals surface area contributed by atoms with E-state index >= 15 is 4.39 Å². The number of halogens is 4. The van der Waals surface area contributed by atoms with E-state index in [1.807, 2.05) is 6.07 Å². The second kappa shape index (κ2) is 12.8. The predicted molar refractivity (Wildman–Crippen MR) is 168 cm³/mol. The zero-order valence-electron chi connectivity index (χ0n) is 26.1. The summed E-state index contributed by atoms with van der Waals surface area (Å²) in [5.41, 5.74) is 4.56. The molecule has 9 nitrogen and oxygen atoms in total. The molecule has 48 heavy (non-hydrogen) atoms. The van der Waals surface area contributed by atoms with Crippen LogP contribution in [-0.2, 0) is 42.8 Å². The molecule has 1 atom stereocenters. The third-order valence-electron chi connectivity index (χ3n) is 9.41. The van der Waals surface area contributed by atoms with E-state index < -0.39 is 58.5 Å². The molecule has 0 bridgehead atoms. The molecule has 3 heterocycles. The Bertz CT molecular complexity index is 1980. The molecule has 1 fully saturated rings. The smallest absolute Gasteiger partial charge is 0.416 e. The van der Waals surface area contributed by atoms with Crippen molar-refractivity contribution >= 4 is 5.97 Å². The predicted octanol–water partition coefficient (Wildman–Crippen LogP) is 4.94. The van der Waals surface area contributed by atoms with Gasteiger partial charge in [0.05, 0.1) is 42.1 Å². The first-order valence-electron chi connectivity index (χ1n) is 15.5. The molecule has 0 radical (unpaired) electrons. The van der Waals surface area contributed by atoms with E-state index in [-0.39, 0.29) is 30.0 Å². The Morgan fingerprint density at radius 2 is 1.71 bits per heavy atom. The summed E-state index contributed by atoms with van der Waals surface area (Å²) in [6, 6.07) is 15.8. The molecule has 0 saturated carbocycles. The highest BCUT2D eigenvalue weighted by molar-refractivity contribution is 5.89. The third-order valence-corrected chi connectivity index (χ3v) is 9.41. The number of alkyl halides is 3. The highest BCUT2D eigenvalue weighted by Crippen LogP contribution is 2.43. The van der Waals surface area contributed by atoms with E-state index in [0.29, 0.717) is 43.6 Å². The lowest BCUT2D eigenvalue weighted by Gasteiger charge is -2.39. The number of rotatable bonds is 8. The van der Waals surface area contributed by atoms with Crippen molar-refractivity contribution < 1.29 is 32.2 Å². The van der Waals surface area contributed by atoms with Crippen LogP contribution >= 0.6 is 0 Å². The first kappa shape index (κ1) is 33.3. The molecule has 3 aromatic carbocycles. The number of ether oxygens (including phenoxy) is 1. The van der Waals surface area contributed by atoms with Gasteiger partial charge in [-0.05, 0) is 54.7 Å². The van der Waals surface area contributed by atoms with Crippen LogP contribution in [0.3, 0.4) is 0 Å². The fourth-order valence-electron chi connectivity index (χ4n) is 6.89. The molecule has 1 spiro atoms. The second-order valence-corrected chi connectivity index (χ2v) is 12.4. The molecule has 4 aromatic rings. The van der Waals surface area contributed by atoms with Crippen molar-refractivity contribution in [1.82, 2.24) is 14.0 Å². The number of aromatic nitrogens is 2. The summed E-state index contributed by atoms with van der Waals surface area (Å²) in [7, 11) is 0. The maximum Gasteiger partial charge on any atom is 0.416 e. The van der Waals surface area contributed by atoms with Gasteiger partial charge >= 0.3 is 17.8 Å². The van der Waals surface area contributed by atoms with Gasteiger partial charge in [0.2, 0.25) is 0 Å². The van der Waals surface area contributed by atoms with E-state index in [1.54, 1.807) is 49.4 Å². The number of nitrogens with two attached hydrogens (primary N) is 1. The Morgan fingerprint density at radius 3 is 2.35 bits per heavy atom. The van der Waals surface area contributed by atoms with Crippen LogP contribution in [-0.4, -0.2) is 38.2 Å². The number of fused-ring (bicyclic) bond motifs is 2. The summed E-state index contributed by atoms with van der Waals surface area (Å²) in [5.74, 6) is -2.13. The summed E-state index contributed by atoms with van der Waals surface area (Å²) in [6.45, 7) is 1.98. The Kier molecular flexibility index (Phi) is 8.88. The van der Waals surface area contributed by atoms with Crippen LogP contribution in [0, 0.1) is 12.7 Å². The number of aromatic carboxylic acids is 1. The molecule has 252 valence electrons. The molecule has 0 aliphatic carbocycles. The van der Waals surface area contributed by atoms with E-state index in [4.69, 9.17) is 10.5 Å². The Hall–Kier alpha value is -4.59. The molecule has 2 aliphatic rings. The zero-order valence-corrected chi connectivity index (χ0v) is 26.1. The number of nitrogens with zero attached hydrogens (tertiary/aromatic N) is 3. The summed E-state index contributed by atoms with van der Waals surface area (Å²) < 4.78 is 65.2. The van der Waals surface area contributed by atoms with Gasteiger partial charge in [-0.2, -0.15) is 13.2 Å². The van der Waals surface area contributed by atoms with Crippen LogP contribution < -0.4 is 17.0 Å². The molecule has 0 amide bonds. The first-order valence-corrected chi connectivity index (χ1v) is 15.5. The minimum Gasteiger partial charge on any atom is -0.478 e. The van der Waals surface area contributed by atoms with Crippen LogP contribution in [0.4, 0.5) is 17.6 Å². The van der Waals surface area contributed by atoms with Crippen LogP contribution in [0.5, 0.6) is 0 Å². The number of aryl methyl sites for hydroxylation is 1. The maximum atomic E-state index is 15.0. The maximum absolute atomic E-state index is 15.0. The summed E-state index contributed by atoms with van der Waals surface area (Å²) in [6.07, 6.45) is -4.19. The normalized spacial score (nSPS) is 16.6. The van der Waals surface area contributed by atoms with Gasteiger partial charge in [0, 0.05) is 31.2 Å². The number of likely N-dealkylation sites (tertiary alicyclic amines) is 1. The molecular weight excluding hydrogens is 632 g/mol. The standard InChI is InChI=1S/C35H34F4N4O5/c1-21-16-22(10-11-24(21)32(45)46)17-41-14-12-34(13-15-41)30-29(20-48-34)42(18-25-26(35(37,38)39)8-5-9-27(25)36)33(47)43(31(30)44)19-28(40)23-6-3-2-4-7-23/h2-11,16,28H,12-15,17-20,40H2,1H3,(H,45,46)/t28-/m0/s1. The average Bonchev–Trinajstić information content (AvgIpc) is 3.41. The topological polar surface area (TPSA) is 120 Å². The van der Waals surface area contributed by atoms with Crippen molar-refractivity contribution in [3.8, 4) is 0 Å². The monoisotopic (exact) mass is 666 g/mol. The number of hydrogen-bond donors (Lipinski definition) is 2. The Morgan fingerprint density at radius 1 is 1.00 bits per heavy atom. The van der Waals surface area contributed by atoms with Crippen LogP contribution in [0.2, 0.25) is 0 Å². The molecule has 3 N–H and O–H groups in total. The highest BCUT2D eigenvalue weighted by atomic mass is 19.4. The largest absolute Gasteiger partial charge is 0.478 e. The molecular formula is C35H34F4N4O5. The first-order chi connectivity index (χ1) is 22.8. The second-order valence-electron chi connectivity index (χ2n) is 12.4. The molecule has 0 unspecified atom stereocenters. The summed E-state index contributed by atoms with van der Waals surface area (Å²) in [4.78, 5) is 41.8. The minimum atomic E-state index is -4.88. The number of benzene rings is 3. The summed E-state index contributed by atoms with van der Waals surface area (Å²) >= 11 is 0. The highest BCUT2D eigenvalue weighted by Gasteiger charge is 2.47. The molecule has 1 saturated heterocycles. The number of carboxylic acids is 1. The van der Waals surface area contributed by atoms with Gasteiger partial charge in [-0.1, -0.05) is 48.5 Å². The Labute approximate surface area is 272 Å². The Balaban J connectivity index is 1.38. The SMILES string of the molecule is Cc1cc(CN2CCC3(CC2)OCc2c3c(=O)n(C[C@H](N)c3ccccc3)c(=O)n2Cc2c(F)cccc2C(F)(F)F)ccc1C(=O)O. The lowest BCUT2D eigenvalue weighted by atomic mass is 9.85.